The Kier molecular flexibility index (Phi) is 10.7. The molecule has 1 atom stereocenters. The van der Waals surface area contributed by atoms with Gasteiger partial charge < -0.3 is 24.3 Å². The quantitative estimate of drug-likeness (QED) is 0.159. The largest absolute Gasteiger partial charge is 0.497 e. The Bertz CT molecular complexity index is 2320. The number of methoxy groups -OCH3 is 2. The molecule has 0 radical (unpaired) electrons. The van der Waals surface area contributed by atoms with Crippen molar-refractivity contribution in [2.75, 3.05) is 26.1 Å². The van der Waals surface area contributed by atoms with Crippen molar-refractivity contribution in [1.82, 2.24) is 4.57 Å². The van der Waals surface area contributed by atoms with Gasteiger partial charge in [0.05, 0.1) is 53.3 Å². The lowest BCUT2D eigenvalue weighted by Crippen LogP contribution is -2.40. The first-order valence-electron chi connectivity index (χ1n) is 16.0. The highest BCUT2D eigenvalue weighted by atomic mass is 35.5. The summed E-state index contributed by atoms with van der Waals surface area (Å²) in [6.45, 7) is 3.98. The fraction of sp³-hybridized carbons (Fsp3) is 0.179. The minimum absolute atomic E-state index is 0.168. The number of aromatic nitrogens is 1. The smallest absolute Gasteiger partial charge is 0.338 e. The number of esters is 1. The van der Waals surface area contributed by atoms with Crippen molar-refractivity contribution in [3.63, 3.8) is 0 Å². The van der Waals surface area contributed by atoms with Crippen molar-refractivity contribution in [3.8, 4) is 17.2 Å². The highest BCUT2D eigenvalue weighted by Crippen LogP contribution is 2.37. The number of halogens is 1. The van der Waals surface area contributed by atoms with Crippen LogP contribution < -0.4 is 34.4 Å². The molecule has 0 unspecified atom stereocenters. The van der Waals surface area contributed by atoms with Crippen LogP contribution in [0.2, 0.25) is 5.02 Å². The molecule has 12 heteroatoms. The number of nitrogens with zero attached hydrogens (tertiary/aromatic N) is 2. The van der Waals surface area contributed by atoms with Gasteiger partial charge in [0.2, 0.25) is 0 Å². The third kappa shape index (κ3) is 7.59. The average Bonchev–Trinajstić information content (AvgIpc) is 3.44. The second-order valence-corrected chi connectivity index (χ2v) is 12.8. The Balaban J connectivity index is 1.35. The number of thiazole rings is 1. The van der Waals surface area contributed by atoms with Crippen LogP contribution >= 0.6 is 22.9 Å². The second-order valence-electron chi connectivity index (χ2n) is 11.4. The number of para-hydroxylation sites is 1. The molecule has 260 valence electrons. The molecule has 1 amide bonds. The van der Waals surface area contributed by atoms with E-state index in [2.05, 4.69) is 5.32 Å². The number of allylic oxidation sites excluding steroid dienone is 1. The van der Waals surface area contributed by atoms with Gasteiger partial charge in [0.15, 0.2) is 16.3 Å². The Morgan fingerprint density at radius 2 is 1.75 bits per heavy atom. The van der Waals surface area contributed by atoms with Gasteiger partial charge in [-0.1, -0.05) is 65.4 Å². The molecule has 51 heavy (non-hydrogen) atoms. The van der Waals surface area contributed by atoms with E-state index in [1.807, 2.05) is 36.4 Å². The van der Waals surface area contributed by atoms with Crippen molar-refractivity contribution < 1.29 is 28.5 Å². The van der Waals surface area contributed by atoms with Gasteiger partial charge in [-0.05, 0) is 85.1 Å². The summed E-state index contributed by atoms with van der Waals surface area (Å²) >= 11 is 7.92. The molecule has 1 N–H and O–H groups in total. The summed E-state index contributed by atoms with van der Waals surface area (Å²) in [5.74, 6) is 0.527. The fourth-order valence-corrected chi connectivity index (χ4v) is 7.00. The Labute approximate surface area is 302 Å². The molecular formula is C39H34ClN3O7S. The molecule has 6 rings (SSSR count). The monoisotopic (exact) mass is 723 g/mol. The van der Waals surface area contributed by atoms with Gasteiger partial charge in [-0.15, -0.1) is 0 Å². The molecule has 0 fully saturated rings. The highest BCUT2D eigenvalue weighted by Gasteiger charge is 2.33. The van der Waals surface area contributed by atoms with Gasteiger partial charge >= 0.3 is 5.97 Å². The third-order valence-corrected chi connectivity index (χ3v) is 9.37. The van der Waals surface area contributed by atoms with Crippen LogP contribution in [0.4, 0.5) is 5.69 Å². The van der Waals surface area contributed by atoms with Crippen LogP contribution in [0.3, 0.4) is 0 Å². The van der Waals surface area contributed by atoms with E-state index in [9.17, 15) is 14.4 Å². The maximum Gasteiger partial charge on any atom is 0.338 e. The molecule has 1 aliphatic heterocycles. The highest BCUT2D eigenvalue weighted by molar-refractivity contribution is 7.07. The van der Waals surface area contributed by atoms with E-state index >= 15 is 0 Å². The van der Waals surface area contributed by atoms with Crippen LogP contribution in [-0.4, -0.2) is 37.3 Å². The van der Waals surface area contributed by atoms with Gasteiger partial charge in [0, 0.05) is 5.69 Å². The molecule has 0 saturated carbocycles. The number of ether oxygens (including phenoxy) is 4. The molecule has 10 nitrogen and oxygen atoms in total. The zero-order chi connectivity index (χ0) is 36.1. The van der Waals surface area contributed by atoms with Crippen molar-refractivity contribution in [3.05, 3.63) is 149 Å². The SMILES string of the molecule is CCOC(=O)c1ccc(COc2c(Cl)cc(/C=c3\sc4n(c3=O)[C@H](c3cccc(OC)c3)C(C(=O)Nc3ccccc3)=C(C)N=4)cc2OC)cc1. The number of rotatable bonds is 11. The van der Waals surface area contributed by atoms with Gasteiger partial charge in [-0.25, -0.2) is 9.79 Å². The molecule has 0 bridgehead atoms. The Morgan fingerprint density at radius 3 is 2.45 bits per heavy atom. The number of hydrogen-bond donors (Lipinski definition) is 1. The zero-order valence-corrected chi connectivity index (χ0v) is 29.8. The summed E-state index contributed by atoms with van der Waals surface area (Å²) in [6, 6.07) is 26.0. The molecular weight excluding hydrogens is 690 g/mol. The standard InChI is InChI=1S/C39H34ClN3O7S/c1-5-49-38(46)26-16-14-24(15-17-26)22-50-35-30(40)18-25(19-31(35)48-4)20-32-37(45)43-34(27-10-9-13-29(21-27)47-3)33(23(2)41-39(43)51-32)36(44)42-28-11-7-6-8-12-28/h6-21,34H,5,22H2,1-4H3,(H,42,44)/b32-20-/t34-/m1/s1. The molecule has 2 heterocycles. The van der Waals surface area contributed by atoms with Crippen LogP contribution in [0, 0.1) is 0 Å². The van der Waals surface area contributed by atoms with Crippen molar-refractivity contribution in [1.29, 1.82) is 0 Å². The molecule has 0 aliphatic carbocycles. The van der Waals surface area contributed by atoms with E-state index in [0.29, 0.717) is 66.8 Å². The molecule has 1 aliphatic rings. The van der Waals surface area contributed by atoms with Gasteiger partial charge in [0.1, 0.15) is 12.4 Å². The minimum Gasteiger partial charge on any atom is -0.497 e. The third-order valence-electron chi connectivity index (χ3n) is 8.11. The predicted octanol–water partition coefficient (Wildman–Crippen LogP) is 6.30. The lowest BCUT2D eigenvalue weighted by Gasteiger charge is -2.25. The van der Waals surface area contributed by atoms with Gasteiger partial charge in [-0.3, -0.25) is 14.2 Å². The van der Waals surface area contributed by atoms with E-state index in [0.717, 1.165) is 5.56 Å². The van der Waals surface area contributed by atoms with Crippen LogP contribution in [0.25, 0.3) is 6.08 Å². The number of nitrogens with one attached hydrogen (secondary N) is 1. The number of fused-ring (bicyclic) bond motifs is 1. The first kappa shape index (κ1) is 35.2. The Morgan fingerprint density at radius 1 is 0.980 bits per heavy atom. The van der Waals surface area contributed by atoms with Crippen LogP contribution in [0.15, 0.2) is 112 Å². The van der Waals surface area contributed by atoms with E-state index in [1.54, 1.807) is 86.2 Å². The molecule has 1 aromatic heterocycles. The zero-order valence-electron chi connectivity index (χ0n) is 28.3. The summed E-state index contributed by atoms with van der Waals surface area (Å²) in [7, 11) is 3.07. The van der Waals surface area contributed by atoms with Crippen LogP contribution in [-0.2, 0) is 16.1 Å². The summed E-state index contributed by atoms with van der Waals surface area (Å²) in [5, 5.41) is 3.24. The van der Waals surface area contributed by atoms with E-state index in [1.165, 1.54) is 18.4 Å². The number of amides is 1. The van der Waals surface area contributed by atoms with E-state index in [4.69, 9.17) is 35.5 Å². The second kappa shape index (κ2) is 15.5. The molecule has 5 aromatic rings. The summed E-state index contributed by atoms with van der Waals surface area (Å²) in [5.41, 5.74) is 3.67. The Hall–Kier alpha value is -5.65. The number of carbonyl (C=O) groups is 2. The molecule has 0 spiro atoms. The summed E-state index contributed by atoms with van der Waals surface area (Å²) < 4.78 is 24.1. The number of benzene rings is 4. The lowest BCUT2D eigenvalue weighted by atomic mass is 9.95. The lowest BCUT2D eigenvalue weighted by molar-refractivity contribution is -0.113. The topological polar surface area (TPSA) is 117 Å². The molecule has 0 saturated heterocycles. The van der Waals surface area contributed by atoms with Crippen LogP contribution in [0.5, 0.6) is 17.2 Å². The van der Waals surface area contributed by atoms with Crippen molar-refractivity contribution in [2.24, 2.45) is 4.99 Å². The van der Waals surface area contributed by atoms with Gasteiger partial charge in [0.25, 0.3) is 11.5 Å². The van der Waals surface area contributed by atoms with E-state index in [-0.39, 0.29) is 23.1 Å². The number of anilines is 1. The minimum atomic E-state index is -0.775. The maximum absolute atomic E-state index is 14.2. The van der Waals surface area contributed by atoms with Crippen molar-refractivity contribution >= 4 is 46.6 Å². The fourth-order valence-electron chi connectivity index (χ4n) is 5.68. The van der Waals surface area contributed by atoms with Gasteiger partial charge in [-0.2, -0.15) is 0 Å². The summed E-state index contributed by atoms with van der Waals surface area (Å²) in [4.78, 5) is 45.2. The number of carbonyl (C=O) groups excluding carboxylic acids is 2. The first-order chi connectivity index (χ1) is 24.7. The average molecular weight is 724 g/mol. The summed E-state index contributed by atoms with van der Waals surface area (Å²) in [6.07, 6.45) is 1.71. The predicted molar refractivity (Wildman–Crippen MR) is 197 cm³/mol. The van der Waals surface area contributed by atoms with Crippen molar-refractivity contribution in [2.45, 2.75) is 26.5 Å². The van der Waals surface area contributed by atoms with E-state index < -0.39 is 12.0 Å². The molecule has 4 aromatic carbocycles. The first-order valence-corrected chi connectivity index (χ1v) is 17.2. The van der Waals surface area contributed by atoms with Crippen LogP contribution in [0.1, 0.15) is 46.9 Å². The normalized spacial score (nSPS) is 14.0. The maximum atomic E-state index is 14.2. The number of hydrogen-bond acceptors (Lipinski definition) is 9.